The van der Waals surface area contributed by atoms with Crippen molar-refractivity contribution in [3.8, 4) is 0 Å². The van der Waals surface area contributed by atoms with Gasteiger partial charge in [-0.05, 0) is 65.2 Å². The number of benzene rings is 1. The van der Waals surface area contributed by atoms with E-state index in [4.69, 9.17) is 5.73 Å². The lowest BCUT2D eigenvalue weighted by Crippen LogP contribution is -2.45. The van der Waals surface area contributed by atoms with Crippen molar-refractivity contribution >= 4 is 15.9 Å². The highest BCUT2D eigenvalue weighted by molar-refractivity contribution is 9.10. The first-order chi connectivity index (χ1) is 10.1. The van der Waals surface area contributed by atoms with Gasteiger partial charge in [0, 0.05) is 28.3 Å². The Balaban J connectivity index is 1.62. The summed E-state index contributed by atoms with van der Waals surface area (Å²) in [7, 11) is 0. The Morgan fingerprint density at radius 3 is 2.43 bits per heavy atom. The lowest BCUT2D eigenvalue weighted by molar-refractivity contribution is 0.269. The summed E-state index contributed by atoms with van der Waals surface area (Å²) in [5.74, 6) is 0.667. The van der Waals surface area contributed by atoms with Gasteiger partial charge in [0.25, 0.3) is 0 Å². The molecule has 1 fully saturated rings. The van der Waals surface area contributed by atoms with Crippen LogP contribution in [-0.4, -0.2) is 10.5 Å². The number of hydrogen-bond acceptors (Lipinski definition) is 2. The summed E-state index contributed by atoms with van der Waals surface area (Å²) in [6.45, 7) is 0. The van der Waals surface area contributed by atoms with E-state index in [2.05, 4.69) is 57.3 Å². The van der Waals surface area contributed by atoms with E-state index in [1.165, 1.54) is 18.4 Å². The largest absolute Gasteiger partial charge is 0.325 e. The van der Waals surface area contributed by atoms with Gasteiger partial charge >= 0.3 is 0 Å². The van der Waals surface area contributed by atoms with Crippen molar-refractivity contribution in [1.29, 1.82) is 0 Å². The van der Waals surface area contributed by atoms with Gasteiger partial charge in [-0.25, -0.2) is 0 Å². The van der Waals surface area contributed by atoms with Gasteiger partial charge in [0.2, 0.25) is 0 Å². The third-order valence-corrected chi connectivity index (χ3v) is 5.04. The second kappa shape index (κ2) is 6.29. The average Bonchev–Trinajstić information content (AvgIpc) is 2.51. The molecule has 0 radical (unpaired) electrons. The minimum Gasteiger partial charge on any atom is -0.325 e. The van der Waals surface area contributed by atoms with E-state index in [0.29, 0.717) is 5.92 Å². The summed E-state index contributed by atoms with van der Waals surface area (Å²) in [6.07, 6.45) is 7.23. The standard InChI is InChI=1S/C18H21BrN2/c19-16-6-7-17(21-13-16)12-18(20)10-8-15(9-11-18)14-4-2-1-3-5-14/h1-7,13,15H,8-12,20H2. The topological polar surface area (TPSA) is 38.9 Å². The van der Waals surface area contributed by atoms with E-state index in [-0.39, 0.29) is 5.54 Å². The fourth-order valence-corrected chi connectivity index (χ4v) is 3.53. The quantitative estimate of drug-likeness (QED) is 0.893. The Labute approximate surface area is 134 Å². The van der Waals surface area contributed by atoms with Gasteiger partial charge in [-0.15, -0.1) is 0 Å². The molecule has 2 N–H and O–H groups in total. The van der Waals surface area contributed by atoms with Crippen LogP contribution in [0, 0.1) is 0 Å². The van der Waals surface area contributed by atoms with Gasteiger partial charge in [0.05, 0.1) is 0 Å². The minimum atomic E-state index is -0.0912. The van der Waals surface area contributed by atoms with Crippen LogP contribution in [0.2, 0.25) is 0 Å². The summed E-state index contributed by atoms with van der Waals surface area (Å²) in [6, 6.07) is 14.9. The molecule has 1 aliphatic carbocycles. The van der Waals surface area contributed by atoms with Crippen LogP contribution in [0.15, 0.2) is 53.1 Å². The number of aromatic nitrogens is 1. The lowest BCUT2D eigenvalue weighted by atomic mass is 9.73. The lowest BCUT2D eigenvalue weighted by Gasteiger charge is -2.37. The van der Waals surface area contributed by atoms with Crippen molar-refractivity contribution in [2.45, 2.75) is 43.6 Å². The zero-order valence-electron chi connectivity index (χ0n) is 12.1. The maximum atomic E-state index is 6.62. The average molecular weight is 345 g/mol. The van der Waals surface area contributed by atoms with Gasteiger partial charge < -0.3 is 5.73 Å². The highest BCUT2D eigenvalue weighted by Crippen LogP contribution is 2.38. The number of rotatable bonds is 3. The van der Waals surface area contributed by atoms with Crippen LogP contribution < -0.4 is 5.73 Å². The molecule has 0 unspecified atom stereocenters. The van der Waals surface area contributed by atoms with E-state index in [0.717, 1.165) is 29.4 Å². The van der Waals surface area contributed by atoms with Crippen LogP contribution in [-0.2, 0) is 6.42 Å². The van der Waals surface area contributed by atoms with Crippen molar-refractivity contribution in [2.24, 2.45) is 5.73 Å². The first-order valence-corrected chi connectivity index (χ1v) is 8.38. The maximum absolute atomic E-state index is 6.62. The first-order valence-electron chi connectivity index (χ1n) is 7.59. The van der Waals surface area contributed by atoms with Gasteiger partial charge in [-0.1, -0.05) is 30.3 Å². The molecule has 0 atom stereocenters. The van der Waals surface area contributed by atoms with Crippen LogP contribution in [0.5, 0.6) is 0 Å². The molecule has 1 aromatic carbocycles. The number of hydrogen-bond donors (Lipinski definition) is 1. The van der Waals surface area contributed by atoms with Crippen molar-refractivity contribution in [3.05, 3.63) is 64.4 Å². The van der Waals surface area contributed by atoms with Gasteiger partial charge in [0.1, 0.15) is 0 Å². The first kappa shape index (κ1) is 14.7. The molecule has 2 nitrogen and oxygen atoms in total. The SMILES string of the molecule is NC1(Cc2ccc(Br)cn2)CCC(c2ccccc2)CC1. The Bertz CT molecular complexity index is 572. The molecule has 3 heteroatoms. The number of pyridine rings is 1. The molecule has 0 amide bonds. The number of nitrogens with zero attached hydrogens (tertiary/aromatic N) is 1. The van der Waals surface area contributed by atoms with Crippen LogP contribution in [0.25, 0.3) is 0 Å². The van der Waals surface area contributed by atoms with E-state index < -0.39 is 0 Å². The van der Waals surface area contributed by atoms with E-state index >= 15 is 0 Å². The van der Waals surface area contributed by atoms with E-state index in [1.807, 2.05) is 12.3 Å². The molecule has 0 saturated heterocycles. The minimum absolute atomic E-state index is 0.0912. The van der Waals surface area contributed by atoms with E-state index in [9.17, 15) is 0 Å². The Morgan fingerprint density at radius 1 is 1.10 bits per heavy atom. The molecule has 0 spiro atoms. The highest BCUT2D eigenvalue weighted by Gasteiger charge is 2.32. The molecule has 1 saturated carbocycles. The molecule has 21 heavy (non-hydrogen) atoms. The Kier molecular flexibility index (Phi) is 4.41. The molecule has 110 valence electrons. The molecular weight excluding hydrogens is 324 g/mol. The zero-order valence-corrected chi connectivity index (χ0v) is 13.7. The zero-order chi connectivity index (χ0) is 14.7. The normalized spacial score (nSPS) is 25.7. The third-order valence-electron chi connectivity index (χ3n) is 4.57. The van der Waals surface area contributed by atoms with Crippen LogP contribution in [0.3, 0.4) is 0 Å². The summed E-state index contributed by atoms with van der Waals surface area (Å²) in [4.78, 5) is 4.47. The molecule has 1 heterocycles. The summed E-state index contributed by atoms with van der Waals surface area (Å²) in [5, 5.41) is 0. The second-order valence-electron chi connectivity index (χ2n) is 6.19. The van der Waals surface area contributed by atoms with Crippen LogP contribution in [0.4, 0.5) is 0 Å². The van der Waals surface area contributed by atoms with Crippen molar-refractivity contribution in [1.82, 2.24) is 4.98 Å². The fourth-order valence-electron chi connectivity index (χ4n) is 3.30. The van der Waals surface area contributed by atoms with E-state index in [1.54, 1.807) is 0 Å². The summed E-state index contributed by atoms with van der Waals surface area (Å²) >= 11 is 3.42. The van der Waals surface area contributed by atoms with Crippen molar-refractivity contribution in [2.75, 3.05) is 0 Å². The van der Waals surface area contributed by atoms with Crippen LogP contribution in [0.1, 0.15) is 42.9 Å². The summed E-state index contributed by atoms with van der Waals surface area (Å²) in [5.41, 5.74) is 9.08. The van der Waals surface area contributed by atoms with Gasteiger partial charge in [-0.2, -0.15) is 0 Å². The predicted octanol–water partition coefficient (Wildman–Crippen LogP) is 4.44. The molecule has 1 aromatic heterocycles. The molecule has 0 bridgehead atoms. The smallest absolute Gasteiger partial charge is 0.0422 e. The second-order valence-corrected chi connectivity index (χ2v) is 7.11. The third kappa shape index (κ3) is 3.72. The molecule has 0 aliphatic heterocycles. The summed E-state index contributed by atoms with van der Waals surface area (Å²) < 4.78 is 1.02. The van der Waals surface area contributed by atoms with Crippen LogP contribution >= 0.6 is 15.9 Å². The van der Waals surface area contributed by atoms with Gasteiger partial charge in [-0.3, -0.25) is 4.98 Å². The predicted molar refractivity (Wildman–Crippen MR) is 90.2 cm³/mol. The molecule has 3 rings (SSSR count). The Hall–Kier alpha value is -1.19. The highest BCUT2D eigenvalue weighted by atomic mass is 79.9. The molecule has 1 aliphatic rings. The molecular formula is C18H21BrN2. The molecule has 2 aromatic rings. The van der Waals surface area contributed by atoms with Crippen molar-refractivity contribution < 1.29 is 0 Å². The van der Waals surface area contributed by atoms with Gasteiger partial charge in [0.15, 0.2) is 0 Å². The monoisotopic (exact) mass is 344 g/mol. The number of nitrogens with two attached hydrogens (primary N) is 1. The van der Waals surface area contributed by atoms with Crippen molar-refractivity contribution in [3.63, 3.8) is 0 Å². The maximum Gasteiger partial charge on any atom is 0.0422 e. The number of halogens is 1. The Morgan fingerprint density at radius 2 is 1.81 bits per heavy atom. The fraction of sp³-hybridized carbons (Fsp3) is 0.389.